The summed E-state index contributed by atoms with van der Waals surface area (Å²) in [5.74, 6) is -0.649. The van der Waals surface area contributed by atoms with E-state index in [4.69, 9.17) is 27.9 Å². The van der Waals surface area contributed by atoms with Gasteiger partial charge in [0, 0.05) is 5.56 Å². The lowest BCUT2D eigenvalue weighted by Gasteiger charge is -2.04. The lowest BCUT2D eigenvalue weighted by atomic mass is 10.2. The minimum absolute atomic E-state index is 0.0197. The number of nitrogen functional groups attached to an aromatic ring is 1. The number of anilines is 1. The van der Waals surface area contributed by atoms with E-state index in [2.05, 4.69) is 20.1 Å². The lowest BCUT2D eigenvalue weighted by molar-refractivity contribution is 0.127. The Balaban J connectivity index is 2.06. The molecule has 4 N–H and O–H groups in total. The fourth-order valence-electron chi connectivity index (χ4n) is 1.25. The molecule has 1 heterocycles. The molecule has 0 bridgehead atoms. The van der Waals surface area contributed by atoms with E-state index < -0.39 is 5.82 Å². The van der Waals surface area contributed by atoms with Crippen LogP contribution in [0.3, 0.4) is 0 Å². The number of hydrogen-bond acceptors (Lipinski definition) is 6. The van der Waals surface area contributed by atoms with Crippen LogP contribution in [0, 0.1) is 5.82 Å². The number of rotatable bonds is 4. The van der Waals surface area contributed by atoms with Crippen LogP contribution in [0.4, 0.5) is 10.2 Å². The van der Waals surface area contributed by atoms with E-state index in [1.807, 2.05) is 0 Å². The molecule has 0 unspecified atom stereocenters. The van der Waals surface area contributed by atoms with Crippen molar-refractivity contribution in [1.82, 2.24) is 10.3 Å². The van der Waals surface area contributed by atoms with Crippen LogP contribution in [0.2, 0.25) is 5.02 Å². The molecule has 7 nitrogen and oxygen atoms in total. The maximum atomic E-state index is 13.4. The van der Waals surface area contributed by atoms with Gasteiger partial charge < -0.3 is 16.3 Å². The molecule has 0 amide bonds. The summed E-state index contributed by atoms with van der Waals surface area (Å²) in [7, 11) is 0. The van der Waals surface area contributed by atoms with Crippen molar-refractivity contribution in [2.24, 2.45) is 10.9 Å². The van der Waals surface area contributed by atoms with Crippen molar-refractivity contribution in [2.45, 2.75) is 6.61 Å². The van der Waals surface area contributed by atoms with Crippen molar-refractivity contribution in [3.05, 3.63) is 40.3 Å². The number of halogens is 2. The third kappa shape index (κ3) is 2.91. The van der Waals surface area contributed by atoms with Gasteiger partial charge in [0.2, 0.25) is 0 Å². The second kappa shape index (κ2) is 5.53. The predicted octanol–water partition coefficient (Wildman–Crippen LogP) is 1.28. The smallest absolute Gasteiger partial charge is 0.199 e. The van der Waals surface area contributed by atoms with Gasteiger partial charge in [-0.05, 0) is 22.4 Å². The van der Waals surface area contributed by atoms with E-state index in [0.717, 1.165) is 0 Å². The number of benzene rings is 1. The SMILES string of the molecule is N/C(=N\OCc1c(F)cccc1Cl)c1nonc1N. The first kappa shape index (κ1) is 13.1. The van der Waals surface area contributed by atoms with E-state index in [1.54, 1.807) is 0 Å². The summed E-state index contributed by atoms with van der Waals surface area (Å²) in [6, 6.07) is 4.29. The third-order valence-electron chi connectivity index (χ3n) is 2.19. The Morgan fingerprint density at radius 1 is 1.47 bits per heavy atom. The highest BCUT2D eigenvalue weighted by Crippen LogP contribution is 2.19. The van der Waals surface area contributed by atoms with Gasteiger partial charge in [0.15, 0.2) is 17.3 Å². The highest BCUT2D eigenvalue weighted by atomic mass is 35.5. The van der Waals surface area contributed by atoms with Crippen LogP contribution >= 0.6 is 11.6 Å². The maximum absolute atomic E-state index is 13.4. The number of aromatic nitrogens is 2. The molecule has 0 spiro atoms. The number of hydrogen-bond donors (Lipinski definition) is 2. The summed E-state index contributed by atoms with van der Waals surface area (Å²) in [6.45, 7) is -0.183. The number of amidine groups is 1. The summed E-state index contributed by atoms with van der Waals surface area (Å²) in [5, 5.41) is 10.5. The molecule has 2 aromatic rings. The van der Waals surface area contributed by atoms with Crippen molar-refractivity contribution >= 4 is 23.3 Å². The Kier molecular flexibility index (Phi) is 3.81. The molecule has 2 rings (SSSR count). The second-order valence-electron chi connectivity index (χ2n) is 3.45. The van der Waals surface area contributed by atoms with Crippen LogP contribution in [0.15, 0.2) is 28.0 Å². The molecule has 0 atom stereocenters. The Morgan fingerprint density at radius 2 is 2.26 bits per heavy atom. The normalized spacial score (nSPS) is 11.6. The zero-order valence-electron chi connectivity index (χ0n) is 9.51. The second-order valence-corrected chi connectivity index (χ2v) is 3.86. The van der Waals surface area contributed by atoms with Crippen molar-refractivity contribution < 1.29 is 13.9 Å². The third-order valence-corrected chi connectivity index (χ3v) is 2.54. The summed E-state index contributed by atoms with van der Waals surface area (Å²) >= 11 is 5.81. The highest BCUT2D eigenvalue weighted by Gasteiger charge is 2.12. The fourth-order valence-corrected chi connectivity index (χ4v) is 1.47. The molecule has 0 fully saturated rings. The summed E-state index contributed by atoms with van der Waals surface area (Å²) in [4.78, 5) is 4.90. The largest absolute Gasteiger partial charge is 0.389 e. The van der Waals surface area contributed by atoms with E-state index in [0.29, 0.717) is 0 Å². The van der Waals surface area contributed by atoms with Crippen molar-refractivity contribution in [2.75, 3.05) is 5.73 Å². The van der Waals surface area contributed by atoms with Gasteiger partial charge in [-0.25, -0.2) is 9.02 Å². The Labute approximate surface area is 111 Å². The molecule has 0 aliphatic rings. The fraction of sp³-hybridized carbons (Fsp3) is 0.100. The van der Waals surface area contributed by atoms with Gasteiger partial charge in [0.05, 0.1) is 5.02 Å². The van der Waals surface area contributed by atoms with Gasteiger partial charge in [-0.3, -0.25) is 0 Å². The monoisotopic (exact) mass is 285 g/mol. The van der Waals surface area contributed by atoms with E-state index in [9.17, 15) is 4.39 Å². The molecule has 100 valence electrons. The number of nitrogens with zero attached hydrogens (tertiary/aromatic N) is 3. The Hall–Kier alpha value is -2.35. The van der Waals surface area contributed by atoms with E-state index in [1.165, 1.54) is 18.2 Å². The first-order chi connectivity index (χ1) is 9.09. The van der Waals surface area contributed by atoms with Crippen molar-refractivity contribution in [3.8, 4) is 0 Å². The van der Waals surface area contributed by atoms with E-state index in [-0.39, 0.29) is 34.5 Å². The Morgan fingerprint density at radius 3 is 2.89 bits per heavy atom. The molecule has 9 heteroatoms. The summed E-state index contributed by atoms with van der Waals surface area (Å²) in [5.41, 5.74) is 11.2. The van der Waals surface area contributed by atoms with Crippen LogP contribution in [0.5, 0.6) is 0 Å². The average molecular weight is 286 g/mol. The first-order valence-electron chi connectivity index (χ1n) is 5.06. The molecule has 1 aromatic carbocycles. The average Bonchev–Trinajstić information content (AvgIpc) is 2.79. The molecule has 0 aliphatic heterocycles. The predicted molar refractivity (Wildman–Crippen MR) is 65.6 cm³/mol. The van der Waals surface area contributed by atoms with Gasteiger partial charge in [0.25, 0.3) is 0 Å². The van der Waals surface area contributed by atoms with Crippen LogP contribution in [-0.4, -0.2) is 16.1 Å². The van der Waals surface area contributed by atoms with Crippen LogP contribution < -0.4 is 11.5 Å². The molecule has 0 radical (unpaired) electrons. The summed E-state index contributed by atoms with van der Waals surface area (Å²) < 4.78 is 17.8. The lowest BCUT2D eigenvalue weighted by Crippen LogP contribution is -2.16. The van der Waals surface area contributed by atoms with E-state index >= 15 is 0 Å². The molecule has 1 aromatic heterocycles. The molecular weight excluding hydrogens is 277 g/mol. The van der Waals surface area contributed by atoms with Crippen LogP contribution in [0.1, 0.15) is 11.3 Å². The number of nitrogens with two attached hydrogens (primary N) is 2. The number of oxime groups is 1. The topological polar surface area (TPSA) is 113 Å². The molecule has 0 saturated carbocycles. The standard InChI is InChI=1S/C10H9ClFN5O2/c11-6-2-1-3-7(12)5(6)4-18-16-9(13)8-10(14)17-19-15-8/h1-3H,4H2,(H2,13,16)(H2,14,17). The molecule has 0 aliphatic carbocycles. The zero-order chi connectivity index (χ0) is 13.8. The maximum Gasteiger partial charge on any atom is 0.199 e. The van der Waals surface area contributed by atoms with Gasteiger partial charge >= 0.3 is 0 Å². The van der Waals surface area contributed by atoms with Gasteiger partial charge in [-0.1, -0.05) is 22.8 Å². The van der Waals surface area contributed by atoms with Gasteiger partial charge in [0.1, 0.15) is 12.4 Å². The molecule has 19 heavy (non-hydrogen) atoms. The van der Waals surface area contributed by atoms with Gasteiger partial charge in [-0.15, -0.1) is 0 Å². The van der Waals surface area contributed by atoms with Crippen LogP contribution in [-0.2, 0) is 11.4 Å². The molecule has 0 saturated heterocycles. The summed E-state index contributed by atoms with van der Waals surface area (Å²) in [6.07, 6.45) is 0. The highest BCUT2D eigenvalue weighted by molar-refractivity contribution is 6.31. The van der Waals surface area contributed by atoms with Crippen LogP contribution in [0.25, 0.3) is 0 Å². The van der Waals surface area contributed by atoms with Gasteiger partial charge in [-0.2, -0.15) is 0 Å². The minimum Gasteiger partial charge on any atom is -0.389 e. The Bertz CT molecular complexity index is 595. The minimum atomic E-state index is -0.496. The quantitative estimate of drug-likeness (QED) is 0.497. The van der Waals surface area contributed by atoms with Crippen molar-refractivity contribution in [1.29, 1.82) is 0 Å². The molecular formula is C10H9ClFN5O2. The zero-order valence-corrected chi connectivity index (χ0v) is 10.3. The first-order valence-corrected chi connectivity index (χ1v) is 5.44. The van der Waals surface area contributed by atoms with Crippen molar-refractivity contribution in [3.63, 3.8) is 0 Å².